The molecule has 3 rings (SSSR count). The summed E-state index contributed by atoms with van der Waals surface area (Å²) in [5, 5.41) is 0.441. The van der Waals surface area contributed by atoms with Gasteiger partial charge in [-0.2, -0.15) is 0 Å². The van der Waals surface area contributed by atoms with Crippen LogP contribution < -0.4 is 0 Å². The topological polar surface area (TPSA) is 9.23 Å². The number of hydrogen-bond donors (Lipinski definition) is 0. The highest BCUT2D eigenvalue weighted by molar-refractivity contribution is 6.22. The highest BCUT2D eigenvalue weighted by atomic mass is 35.5. The third kappa shape index (κ3) is 0.706. The van der Waals surface area contributed by atoms with Gasteiger partial charge in [0.2, 0.25) is 0 Å². The van der Waals surface area contributed by atoms with Crippen LogP contribution in [-0.2, 0) is 4.74 Å². The molecule has 1 nitrogen and oxygen atoms in total. The first-order valence-corrected chi connectivity index (χ1v) is 5.54. The van der Waals surface area contributed by atoms with Crippen molar-refractivity contribution in [1.82, 2.24) is 0 Å². The van der Waals surface area contributed by atoms with E-state index in [1.807, 2.05) is 0 Å². The fourth-order valence-electron chi connectivity index (χ4n) is 3.31. The van der Waals surface area contributed by atoms with Crippen molar-refractivity contribution >= 4 is 11.6 Å². The third-order valence-corrected chi connectivity index (χ3v) is 4.90. The lowest BCUT2D eigenvalue weighted by atomic mass is 9.48. The van der Waals surface area contributed by atoms with Gasteiger partial charge in [0.1, 0.15) is 0 Å². The second-order valence-corrected chi connectivity index (χ2v) is 5.06. The molecule has 2 heteroatoms. The third-order valence-electron chi connectivity index (χ3n) is 4.14. The number of halogens is 1. The molecule has 0 aromatic heterocycles. The number of fused-ring (bicyclic) bond motifs is 2. The minimum Gasteiger partial charge on any atom is -0.377 e. The van der Waals surface area contributed by atoms with Crippen molar-refractivity contribution in [2.75, 3.05) is 6.61 Å². The lowest BCUT2D eigenvalue weighted by Gasteiger charge is -2.65. The maximum absolute atomic E-state index is 6.40. The monoisotopic (exact) mass is 186 g/mol. The van der Waals surface area contributed by atoms with Gasteiger partial charge in [0, 0.05) is 23.3 Å². The van der Waals surface area contributed by atoms with Gasteiger partial charge in [-0.1, -0.05) is 6.42 Å². The summed E-state index contributed by atoms with van der Waals surface area (Å²) in [4.78, 5) is 0. The molecule has 68 valence electrons. The molecule has 2 aliphatic carbocycles. The zero-order valence-electron chi connectivity index (χ0n) is 7.26. The molecule has 0 aromatic rings. The van der Waals surface area contributed by atoms with Gasteiger partial charge >= 0.3 is 0 Å². The second-order valence-electron chi connectivity index (χ2n) is 4.59. The van der Waals surface area contributed by atoms with E-state index >= 15 is 0 Å². The highest BCUT2D eigenvalue weighted by Crippen LogP contribution is 2.64. The average Bonchev–Trinajstić information content (AvgIpc) is 2.01. The normalized spacial score (nSPS) is 49.2. The number of alkyl halides is 1. The van der Waals surface area contributed by atoms with E-state index in [0.29, 0.717) is 22.8 Å². The zero-order chi connectivity index (χ0) is 8.18. The lowest BCUT2D eigenvalue weighted by Crippen LogP contribution is -2.67. The number of ether oxygens (including phenoxy) is 1. The SMILES string of the molecule is Cl[C@@H]1[C@H]2CCCO[C@@H]2C12CCC2. The van der Waals surface area contributed by atoms with Crippen LogP contribution in [0, 0.1) is 11.3 Å². The maximum atomic E-state index is 6.40. The Labute approximate surface area is 78.4 Å². The van der Waals surface area contributed by atoms with E-state index in [1.54, 1.807) is 0 Å². The van der Waals surface area contributed by atoms with Crippen molar-refractivity contribution in [3.63, 3.8) is 0 Å². The van der Waals surface area contributed by atoms with Gasteiger partial charge in [-0.25, -0.2) is 0 Å². The Hall–Kier alpha value is 0.250. The largest absolute Gasteiger partial charge is 0.377 e. The summed E-state index contributed by atoms with van der Waals surface area (Å²) < 4.78 is 5.82. The fraction of sp³-hybridized carbons (Fsp3) is 1.00. The summed E-state index contributed by atoms with van der Waals surface area (Å²) in [6.07, 6.45) is 7.09. The Balaban J connectivity index is 1.80. The Morgan fingerprint density at radius 2 is 2.08 bits per heavy atom. The molecule has 1 saturated heterocycles. The molecular formula is C10H15ClO. The first kappa shape index (κ1) is 7.64. The van der Waals surface area contributed by atoms with Gasteiger partial charge in [-0.05, 0) is 25.7 Å². The molecule has 3 atom stereocenters. The Bertz CT molecular complexity index is 200. The summed E-state index contributed by atoms with van der Waals surface area (Å²) in [5.41, 5.74) is 0.437. The smallest absolute Gasteiger partial charge is 0.0687 e. The molecule has 0 amide bonds. The van der Waals surface area contributed by atoms with Crippen LogP contribution in [0.4, 0.5) is 0 Å². The summed E-state index contributed by atoms with van der Waals surface area (Å²) in [5.74, 6) is 0.695. The van der Waals surface area contributed by atoms with Gasteiger partial charge < -0.3 is 4.74 Å². The van der Waals surface area contributed by atoms with E-state index in [2.05, 4.69) is 0 Å². The second kappa shape index (κ2) is 2.39. The summed E-state index contributed by atoms with van der Waals surface area (Å²) in [7, 11) is 0. The van der Waals surface area contributed by atoms with Crippen molar-refractivity contribution in [2.24, 2.45) is 11.3 Å². The van der Waals surface area contributed by atoms with Gasteiger partial charge in [0.15, 0.2) is 0 Å². The van der Waals surface area contributed by atoms with Gasteiger partial charge in [-0.15, -0.1) is 11.6 Å². The highest BCUT2D eigenvalue weighted by Gasteiger charge is 2.64. The van der Waals surface area contributed by atoms with Gasteiger partial charge in [0.05, 0.1) is 6.10 Å². The summed E-state index contributed by atoms with van der Waals surface area (Å²) in [6.45, 7) is 0.979. The molecule has 0 unspecified atom stereocenters. The first-order valence-electron chi connectivity index (χ1n) is 5.10. The van der Waals surface area contributed by atoms with Crippen molar-refractivity contribution < 1.29 is 4.74 Å². The van der Waals surface area contributed by atoms with Crippen LogP contribution in [0.1, 0.15) is 32.1 Å². The van der Waals surface area contributed by atoms with Crippen molar-refractivity contribution in [3.05, 3.63) is 0 Å². The van der Waals surface area contributed by atoms with E-state index in [-0.39, 0.29) is 0 Å². The number of rotatable bonds is 0. The molecule has 0 radical (unpaired) electrons. The molecular weight excluding hydrogens is 172 g/mol. The van der Waals surface area contributed by atoms with E-state index in [4.69, 9.17) is 16.3 Å². The summed E-state index contributed by atoms with van der Waals surface area (Å²) in [6, 6.07) is 0. The number of hydrogen-bond acceptors (Lipinski definition) is 1. The van der Waals surface area contributed by atoms with Gasteiger partial charge in [-0.3, -0.25) is 0 Å². The predicted octanol–water partition coefficient (Wildman–Crippen LogP) is 2.57. The molecule has 3 fully saturated rings. The minimum atomic E-state index is 0.437. The lowest BCUT2D eigenvalue weighted by molar-refractivity contribution is -0.210. The molecule has 12 heavy (non-hydrogen) atoms. The molecule has 0 N–H and O–H groups in total. The van der Waals surface area contributed by atoms with Crippen LogP contribution in [-0.4, -0.2) is 18.1 Å². The first-order chi connectivity index (χ1) is 5.84. The van der Waals surface area contributed by atoms with Crippen molar-refractivity contribution in [2.45, 2.75) is 43.6 Å². The van der Waals surface area contributed by atoms with E-state index in [9.17, 15) is 0 Å². The van der Waals surface area contributed by atoms with E-state index < -0.39 is 0 Å². The van der Waals surface area contributed by atoms with Crippen LogP contribution in [0.5, 0.6) is 0 Å². The maximum Gasteiger partial charge on any atom is 0.0687 e. The molecule has 3 aliphatic rings. The van der Waals surface area contributed by atoms with Crippen LogP contribution in [0.25, 0.3) is 0 Å². The standard InChI is InChI=1S/C10H15ClO/c11-8-7-3-1-6-12-9(7)10(8)4-2-5-10/h7-9H,1-6H2/t7-,8-,9+/m1/s1. The van der Waals surface area contributed by atoms with E-state index in [1.165, 1.54) is 32.1 Å². The molecule has 1 aliphatic heterocycles. The molecule has 1 heterocycles. The average molecular weight is 187 g/mol. The fourth-order valence-corrected chi connectivity index (χ4v) is 3.91. The Morgan fingerprint density at radius 3 is 2.75 bits per heavy atom. The van der Waals surface area contributed by atoms with Crippen LogP contribution in [0.3, 0.4) is 0 Å². The quantitative estimate of drug-likeness (QED) is 0.529. The van der Waals surface area contributed by atoms with Crippen LogP contribution in [0.15, 0.2) is 0 Å². The van der Waals surface area contributed by atoms with Gasteiger partial charge in [0.25, 0.3) is 0 Å². The van der Waals surface area contributed by atoms with Crippen molar-refractivity contribution in [1.29, 1.82) is 0 Å². The molecule has 2 saturated carbocycles. The van der Waals surface area contributed by atoms with Crippen LogP contribution in [0.2, 0.25) is 0 Å². The predicted molar refractivity (Wildman–Crippen MR) is 48.4 cm³/mol. The van der Waals surface area contributed by atoms with Crippen LogP contribution >= 0.6 is 11.6 Å². The molecule has 0 aromatic carbocycles. The van der Waals surface area contributed by atoms with E-state index in [0.717, 1.165) is 6.61 Å². The molecule has 0 bridgehead atoms. The van der Waals surface area contributed by atoms with Crippen molar-refractivity contribution in [3.8, 4) is 0 Å². The Morgan fingerprint density at radius 1 is 1.25 bits per heavy atom. The Kier molecular flexibility index (Phi) is 1.52. The summed E-state index contributed by atoms with van der Waals surface area (Å²) >= 11 is 6.40. The minimum absolute atomic E-state index is 0.437. The zero-order valence-corrected chi connectivity index (χ0v) is 8.02. The molecule has 1 spiro atoms.